The summed E-state index contributed by atoms with van der Waals surface area (Å²) in [6, 6.07) is 17.4. The first kappa shape index (κ1) is 11.7. The van der Waals surface area contributed by atoms with Crippen LogP contribution in [-0.2, 0) is 0 Å². The maximum Gasteiger partial charge on any atom is 0.178 e. The Labute approximate surface area is 111 Å². The highest BCUT2D eigenvalue weighted by molar-refractivity contribution is 5.88. The molecule has 19 heavy (non-hydrogen) atoms. The Morgan fingerprint density at radius 1 is 0.737 bits per heavy atom. The molecule has 0 unspecified atom stereocenters. The smallest absolute Gasteiger partial charge is 0.178 e. The molecule has 0 aliphatic rings. The summed E-state index contributed by atoms with van der Waals surface area (Å²) < 4.78 is 2.23. The van der Waals surface area contributed by atoms with Crippen LogP contribution in [0, 0.1) is 13.8 Å². The van der Waals surface area contributed by atoms with Gasteiger partial charge in [0.25, 0.3) is 0 Å². The Bertz CT molecular complexity index is 755. The van der Waals surface area contributed by atoms with Gasteiger partial charge in [0, 0.05) is 27.8 Å². The van der Waals surface area contributed by atoms with Crippen molar-refractivity contribution in [2.75, 3.05) is 0 Å². The van der Waals surface area contributed by atoms with Crippen LogP contribution >= 0.6 is 0 Å². The average Bonchev–Trinajstić information content (AvgIpc) is 2.55. The summed E-state index contributed by atoms with van der Waals surface area (Å²) in [5.74, 6) is 0. The van der Waals surface area contributed by atoms with Gasteiger partial charge < -0.3 is 4.57 Å². The molecule has 1 heterocycles. The molecule has 0 amide bonds. The molecule has 0 atom stereocenters. The van der Waals surface area contributed by atoms with Crippen molar-refractivity contribution in [2.24, 2.45) is 0 Å². The molecule has 0 radical (unpaired) electrons. The monoisotopic (exact) mass is 249 g/mol. The minimum atomic E-state index is 0.0428. The van der Waals surface area contributed by atoms with E-state index in [-0.39, 0.29) is 5.43 Å². The van der Waals surface area contributed by atoms with Gasteiger partial charge in [-0.3, -0.25) is 4.79 Å². The maximum atomic E-state index is 11.4. The Kier molecular flexibility index (Phi) is 2.71. The van der Waals surface area contributed by atoms with Gasteiger partial charge in [-0.25, -0.2) is 0 Å². The van der Waals surface area contributed by atoms with E-state index in [0.717, 1.165) is 27.8 Å². The van der Waals surface area contributed by atoms with Gasteiger partial charge in [0.1, 0.15) is 0 Å². The first-order valence-corrected chi connectivity index (χ1v) is 6.36. The van der Waals surface area contributed by atoms with Gasteiger partial charge in [0.15, 0.2) is 5.43 Å². The molecule has 94 valence electrons. The van der Waals surface area contributed by atoms with E-state index in [2.05, 4.69) is 30.5 Å². The number of hydrogen-bond acceptors (Lipinski definition) is 1. The summed E-state index contributed by atoms with van der Waals surface area (Å²) in [6.45, 7) is 4.18. The van der Waals surface area contributed by atoms with Crippen molar-refractivity contribution < 1.29 is 0 Å². The third-order valence-corrected chi connectivity index (χ3v) is 3.58. The second kappa shape index (κ2) is 4.39. The zero-order chi connectivity index (χ0) is 13.4. The quantitative estimate of drug-likeness (QED) is 0.645. The number of rotatable bonds is 1. The molecule has 0 spiro atoms. The molecule has 0 saturated carbocycles. The third kappa shape index (κ3) is 1.85. The number of para-hydroxylation sites is 1. The van der Waals surface area contributed by atoms with Gasteiger partial charge in [0.05, 0.1) is 0 Å². The van der Waals surface area contributed by atoms with Crippen LogP contribution in [0.25, 0.3) is 16.5 Å². The number of fused-ring (bicyclic) bond motifs is 1. The molecule has 0 aliphatic carbocycles. The maximum absolute atomic E-state index is 11.4. The first-order chi connectivity index (χ1) is 9.18. The second-order valence-electron chi connectivity index (χ2n) is 4.74. The molecule has 0 aliphatic heterocycles. The predicted octanol–water partition coefficient (Wildman–Crippen LogP) is 3.61. The van der Waals surface area contributed by atoms with Crippen LogP contribution in [-0.4, -0.2) is 4.57 Å². The van der Waals surface area contributed by atoms with Gasteiger partial charge in [-0.2, -0.15) is 0 Å². The summed E-state index contributed by atoms with van der Waals surface area (Å²) in [5.41, 5.74) is 3.52. The van der Waals surface area contributed by atoms with E-state index in [1.165, 1.54) is 0 Å². The normalized spacial score (nSPS) is 10.8. The van der Waals surface area contributed by atoms with E-state index >= 15 is 0 Å². The van der Waals surface area contributed by atoms with Crippen molar-refractivity contribution in [3.8, 4) is 5.69 Å². The highest BCUT2D eigenvalue weighted by Crippen LogP contribution is 2.27. The zero-order valence-electron chi connectivity index (χ0n) is 11.1. The van der Waals surface area contributed by atoms with E-state index in [9.17, 15) is 4.79 Å². The van der Waals surface area contributed by atoms with Gasteiger partial charge in [-0.05, 0) is 50.2 Å². The topological polar surface area (TPSA) is 22.0 Å². The SMILES string of the molecule is Cc1c2ccc(=O)ccc2c(C)n1-c1ccccc1. The van der Waals surface area contributed by atoms with E-state index in [1.54, 1.807) is 12.1 Å². The number of aromatic nitrogens is 1. The number of hydrogen-bond donors (Lipinski definition) is 0. The van der Waals surface area contributed by atoms with Crippen molar-refractivity contribution in [1.82, 2.24) is 4.57 Å². The summed E-state index contributed by atoms with van der Waals surface area (Å²) in [5, 5.41) is 2.26. The fourth-order valence-electron chi connectivity index (χ4n) is 2.65. The fourth-order valence-corrected chi connectivity index (χ4v) is 2.65. The Hall–Kier alpha value is -2.35. The van der Waals surface area contributed by atoms with Gasteiger partial charge in [-0.15, -0.1) is 0 Å². The molecule has 2 heteroatoms. The number of benzene rings is 1. The van der Waals surface area contributed by atoms with E-state index in [4.69, 9.17) is 0 Å². The van der Waals surface area contributed by atoms with Crippen LogP contribution in [0.2, 0.25) is 0 Å². The molecule has 0 N–H and O–H groups in total. The van der Waals surface area contributed by atoms with Crippen molar-refractivity contribution in [1.29, 1.82) is 0 Å². The molecule has 2 aromatic carbocycles. The second-order valence-corrected chi connectivity index (χ2v) is 4.74. The van der Waals surface area contributed by atoms with Crippen LogP contribution < -0.4 is 5.43 Å². The molecule has 0 bridgehead atoms. The van der Waals surface area contributed by atoms with Crippen molar-refractivity contribution in [3.05, 3.63) is 76.2 Å². The summed E-state index contributed by atoms with van der Waals surface area (Å²) in [7, 11) is 0. The Morgan fingerprint density at radius 3 is 1.79 bits per heavy atom. The van der Waals surface area contributed by atoms with Crippen molar-refractivity contribution >= 4 is 10.8 Å². The van der Waals surface area contributed by atoms with Crippen molar-refractivity contribution in [2.45, 2.75) is 13.8 Å². The summed E-state index contributed by atoms with van der Waals surface area (Å²) >= 11 is 0. The van der Waals surface area contributed by atoms with E-state index in [0.29, 0.717) is 0 Å². The highest BCUT2D eigenvalue weighted by atomic mass is 16.1. The van der Waals surface area contributed by atoms with Gasteiger partial charge in [-0.1, -0.05) is 18.2 Å². The largest absolute Gasteiger partial charge is 0.317 e. The number of aryl methyl sites for hydroxylation is 2. The molecule has 3 aromatic rings. The van der Waals surface area contributed by atoms with E-state index < -0.39 is 0 Å². The standard InChI is InChI=1S/C17H15NO/c1-12-16-10-8-15(19)9-11-17(16)13(2)18(12)14-6-4-3-5-7-14/h3-11H,1-2H3. The highest BCUT2D eigenvalue weighted by Gasteiger charge is 2.10. The third-order valence-electron chi connectivity index (χ3n) is 3.58. The van der Waals surface area contributed by atoms with Crippen LogP contribution in [0.4, 0.5) is 0 Å². The molecule has 0 fully saturated rings. The molecule has 1 aromatic heterocycles. The first-order valence-electron chi connectivity index (χ1n) is 6.36. The number of nitrogens with zero attached hydrogens (tertiary/aromatic N) is 1. The molecule has 0 saturated heterocycles. The lowest BCUT2D eigenvalue weighted by Gasteiger charge is -2.08. The Balaban J connectivity index is 2.41. The predicted molar refractivity (Wildman–Crippen MR) is 79.0 cm³/mol. The van der Waals surface area contributed by atoms with Crippen LogP contribution in [0.3, 0.4) is 0 Å². The van der Waals surface area contributed by atoms with Gasteiger partial charge >= 0.3 is 0 Å². The lowest BCUT2D eigenvalue weighted by Crippen LogP contribution is -1.98. The minimum absolute atomic E-state index is 0.0428. The minimum Gasteiger partial charge on any atom is -0.317 e. The zero-order valence-corrected chi connectivity index (χ0v) is 11.1. The van der Waals surface area contributed by atoms with Crippen LogP contribution in [0.5, 0.6) is 0 Å². The Morgan fingerprint density at radius 2 is 1.26 bits per heavy atom. The molecule has 3 rings (SSSR count). The van der Waals surface area contributed by atoms with Gasteiger partial charge in [0.2, 0.25) is 0 Å². The van der Waals surface area contributed by atoms with Crippen LogP contribution in [0.1, 0.15) is 11.4 Å². The molecule has 2 nitrogen and oxygen atoms in total. The summed E-state index contributed by atoms with van der Waals surface area (Å²) in [4.78, 5) is 11.4. The lowest BCUT2D eigenvalue weighted by atomic mass is 10.2. The van der Waals surface area contributed by atoms with Crippen molar-refractivity contribution in [3.63, 3.8) is 0 Å². The molecular formula is C17H15NO. The average molecular weight is 249 g/mol. The van der Waals surface area contributed by atoms with Crippen LogP contribution in [0.15, 0.2) is 59.4 Å². The summed E-state index contributed by atoms with van der Waals surface area (Å²) in [6.07, 6.45) is 0. The fraction of sp³-hybridized carbons (Fsp3) is 0.118. The van der Waals surface area contributed by atoms with E-state index in [1.807, 2.05) is 30.3 Å². The lowest BCUT2D eigenvalue weighted by molar-refractivity contribution is 0.974. The molecular weight excluding hydrogens is 234 g/mol.